The zero-order chi connectivity index (χ0) is 17.8. The van der Waals surface area contributed by atoms with E-state index in [1.54, 1.807) is 12.4 Å². The van der Waals surface area contributed by atoms with Crippen LogP contribution in [0.3, 0.4) is 0 Å². The number of rotatable bonds is 6. The summed E-state index contributed by atoms with van der Waals surface area (Å²) in [5.41, 5.74) is 3.87. The topological polar surface area (TPSA) is 60.2 Å². The van der Waals surface area contributed by atoms with Crippen LogP contribution in [-0.2, 0) is 13.2 Å². The van der Waals surface area contributed by atoms with Crippen LogP contribution in [0.1, 0.15) is 30.7 Å². The molecule has 5 nitrogen and oxygen atoms in total. The van der Waals surface area contributed by atoms with Gasteiger partial charge in [-0.1, -0.05) is 6.07 Å². The largest absolute Gasteiger partial charge is 0.491 e. The maximum atomic E-state index is 9.68. The molecule has 3 rings (SSSR count). The molecule has 2 aromatic heterocycles. The summed E-state index contributed by atoms with van der Waals surface area (Å²) < 4.78 is 7.82. The Morgan fingerprint density at radius 3 is 2.72 bits per heavy atom. The minimum Gasteiger partial charge on any atom is -0.491 e. The van der Waals surface area contributed by atoms with Gasteiger partial charge >= 0.3 is 0 Å². The average molecular weight is 337 g/mol. The van der Waals surface area contributed by atoms with Gasteiger partial charge in [0.15, 0.2) is 0 Å². The number of hydrogen-bond donors (Lipinski definition) is 1. The second kappa shape index (κ2) is 7.49. The summed E-state index contributed by atoms with van der Waals surface area (Å²) in [7, 11) is 0. The van der Waals surface area contributed by atoms with Gasteiger partial charge in [0.05, 0.1) is 24.9 Å². The number of imidazole rings is 1. The van der Waals surface area contributed by atoms with Gasteiger partial charge in [-0.2, -0.15) is 0 Å². The standard InChI is InChI=1S/C20H23N3O2/c1-14(2)25-19-7-6-16(11-17(19)13-24)20-22-9-10-23(20)12-18-15(3)5-4-8-21-18/h4-11,14,24H,12-13H2,1-3H3. The van der Waals surface area contributed by atoms with Crippen molar-refractivity contribution in [1.29, 1.82) is 0 Å². The Labute approximate surface area is 148 Å². The molecule has 0 atom stereocenters. The van der Waals surface area contributed by atoms with Crippen molar-refractivity contribution in [1.82, 2.24) is 14.5 Å². The van der Waals surface area contributed by atoms with Gasteiger partial charge in [-0.05, 0) is 50.6 Å². The molecule has 0 spiro atoms. The highest BCUT2D eigenvalue weighted by Crippen LogP contribution is 2.27. The van der Waals surface area contributed by atoms with Crippen LogP contribution in [0.4, 0.5) is 0 Å². The molecule has 0 aliphatic carbocycles. The van der Waals surface area contributed by atoms with Gasteiger partial charge in [-0.3, -0.25) is 4.98 Å². The normalized spacial score (nSPS) is 11.1. The lowest BCUT2D eigenvalue weighted by Crippen LogP contribution is -2.08. The SMILES string of the molecule is Cc1cccnc1Cn1ccnc1-c1ccc(OC(C)C)c(CO)c1. The predicted molar refractivity (Wildman–Crippen MR) is 97.4 cm³/mol. The minimum atomic E-state index is -0.0735. The number of aliphatic hydroxyl groups excluding tert-OH is 1. The van der Waals surface area contributed by atoms with Crippen molar-refractivity contribution in [2.75, 3.05) is 0 Å². The van der Waals surface area contributed by atoms with Gasteiger partial charge in [0.2, 0.25) is 0 Å². The fraction of sp³-hybridized carbons (Fsp3) is 0.300. The van der Waals surface area contributed by atoms with E-state index in [4.69, 9.17) is 4.74 Å². The molecule has 1 aromatic carbocycles. The van der Waals surface area contributed by atoms with Crippen molar-refractivity contribution in [3.05, 3.63) is 65.7 Å². The molecule has 130 valence electrons. The second-order valence-electron chi connectivity index (χ2n) is 6.29. The molecule has 3 aromatic rings. The van der Waals surface area contributed by atoms with Crippen LogP contribution in [0.25, 0.3) is 11.4 Å². The van der Waals surface area contributed by atoms with E-state index in [0.717, 1.165) is 28.2 Å². The Bertz CT molecular complexity index is 856. The Morgan fingerprint density at radius 1 is 1.16 bits per heavy atom. The van der Waals surface area contributed by atoms with Gasteiger partial charge in [0.25, 0.3) is 0 Å². The molecule has 0 unspecified atom stereocenters. The molecule has 5 heteroatoms. The summed E-state index contributed by atoms with van der Waals surface area (Å²) in [4.78, 5) is 8.95. The molecule has 0 amide bonds. The van der Waals surface area contributed by atoms with Crippen molar-refractivity contribution in [2.24, 2.45) is 0 Å². The van der Waals surface area contributed by atoms with E-state index in [0.29, 0.717) is 12.3 Å². The number of nitrogens with zero attached hydrogens (tertiary/aromatic N) is 3. The number of aryl methyl sites for hydroxylation is 1. The maximum absolute atomic E-state index is 9.68. The number of hydrogen-bond acceptors (Lipinski definition) is 4. The van der Waals surface area contributed by atoms with E-state index in [1.807, 2.05) is 44.3 Å². The number of benzene rings is 1. The molecular formula is C20H23N3O2. The summed E-state index contributed by atoms with van der Waals surface area (Å²) in [6.07, 6.45) is 5.59. The molecular weight excluding hydrogens is 314 g/mol. The van der Waals surface area contributed by atoms with Crippen molar-refractivity contribution >= 4 is 0 Å². The third-order valence-corrected chi connectivity index (χ3v) is 4.01. The summed E-state index contributed by atoms with van der Waals surface area (Å²) in [5.74, 6) is 1.55. The third kappa shape index (κ3) is 3.88. The van der Waals surface area contributed by atoms with Crippen LogP contribution >= 0.6 is 0 Å². The van der Waals surface area contributed by atoms with Gasteiger partial charge in [-0.15, -0.1) is 0 Å². The number of aliphatic hydroxyl groups is 1. The van der Waals surface area contributed by atoms with Gasteiger partial charge in [0, 0.05) is 29.7 Å². The Morgan fingerprint density at radius 2 is 2.00 bits per heavy atom. The van der Waals surface area contributed by atoms with E-state index in [-0.39, 0.29) is 12.7 Å². The highest BCUT2D eigenvalue weighted by molar-refractivity contribution is 5.59. The molecule has 0 aliphatic rings. The quantitative estimate of drug-likeness (QED) is 0.747. The smallest absolute Gasteiger partial charge is 0.140 e. The van der Waals surface area contributed by atoms with Crippen LogP contribution in [0.5, 0.6) is 5.75 Å². The molecule has 0 bridgehead atoms. The van der Waals surface area contributed by atoms with Crippen molar-refractivity contribution in [3.63, 3.8) is 0 Å². The molecule has 2 heterocycles. The molecule has 0 aliphatic heterocycles. The zero-order valence-corrected chi connectivity index (χ0v) is 14.8. The number of pyridine rings is 1. The maximum Gasteiger partial charge on any atom is 0.140 e. The number of aromatic nitrogens is 3. The monoisotopic (exact) mass is 337 g/mol. The number of ether oxygens (including phenoxy) is 1. The van der Waals surface area contributed by atoms with Crippen molar-refractivity contribution < 1.29 is 9.84 Å². The lowest BCUT2D eigenvalue weighted by molar-refractivity contribution is 0.225. The molecule has 25 heavy (non-hydrogen) atoms. The predicted octanol–water partition coefficient (Wildman–Crippen LogP) is 3.58. The first kappa shape index (κ1) is 17.2. The highest BCUT2D eigenvalue weighted by atomic mass is 16.5. The first-order valence-corrected chi connectivity index (χ1v) is 8.41. The van der Waals surface area contributed by atoms with Gasteiger partial charge in [0.1, 0.15) is 11.6 Å². The van der Waals surface area contributed by atoms with Gasteiger partial charge in [-0.25, -0.2) is 4.98 Å². The first-order chi connectivity index (χ1) is 12.1. The summed E-state index contributed by atoms with van der Waals surface area (Å²) in [6.45, 7) is 6.57. The molecule has 0 saturated carbocycles. The van der Waals surface area contributed by atoms with Crippen LogP contribution < -0.4 is 4.74 Å². The van der Waals surface area contributed by atoms with Crippen molar-refractivity contribution in [3.8, 4) is 17.1 Å². The highest BCUT2D eigenvalue weighted by Gasteiger charge is 2.12. The van der Waals surface area contributed by atoms with E-state index in [9.17, 15) is 5.11 Å². The summed E-state index contributed by atoms with van der Waals surface area (Å²) >= 11 is 0. The summed E-state index contributed by atoms with van der Waals surface area (Å²) in [6, 6.07) is 9.80. The van der Waals surface area contributed by atoms with Crippen LogP contribution in [0.15, 0.2) is 48.9 Å². The Hall–Kier alpha value is -2.66. The average Bonchev–Trinajstić information content (AvgIpc) is 3.05. The van der Waals surface area contributed by atoms with E-state index >= 15 is 0 Å². The fourth-order valence-electron chi connectivity index (χ4n) is 2.75. The van der Waals surface area contributed by atoms with Crippen LogP contribution in [-0.4, -0.2) is 25.7 Å². The van der Waals surface area contributed by atoms with E-state index in [1.165, 1.54) is 0 Å². The van der Waals surface area contributed by atoms with E-state index < -0.39 is 0 Å². The minimum absolute atomic E-state index is 0.0604. The lowest BCUT2D eigenvalue weighted by Gasteiger charge is -2.15. The van der Waals surface area contributed by atoms with Crippen LogP contribution in [0, 0.1) is 6.92 Å². The molecule has 0 radical (unpaired) electrons. The van der Waals surface area contributed by atoms with E-state index in [2.05, 4.69) is 27.5 Å². The third-order valence-electron chi connectivity index (χ3n) is 4.01. The zero-order valence-electron chi connectivity index (χ0n) is 14.8. The summed E-state index contributed by atoms with van der Waals surface area (Å²) in [5, 5.41) is 9.68. The first-order valence-electron chi connectivity index (χ1n) is 8.41. The van der Waals surface area contributed by atoms with Crippen LogP contribution in [0.2, 0.25) is 0 Å². The fourth-order valence-corrected chi connectivity index (χ4v) is 2.75. The molecule has 1 N–H and O–H groups in total. The lowest BCUT2D eigenvalue weighted by atomic mass is 10.1. The van der Waals surface area contributed by atoms with Gasteiger partial charge < -0.3 is 14.4 Å². The second-order valence-corrected chi connectivity index (χ2v) is 6.29. The molecule has 0 fully saturated rings. The Balaban J connectivity index is 1.93. The Kier molecular flexibility index (Phi) is 5.14. The van der Waals surface area contributed by atoms with Crippen molar-refractivity contribution in [2.45, 2.75) is 40.0 Å². The molecule has 0 saturated heterocycles.